The molecule has 4 nitrogen and oxygen atoms in total. The Kier molecular flexibility index (Phi) is 12.3. The van der Waals surface area contributed by atoms with Crippen LogP contribution >= 0.6 is 20.7 Å². The zero-order valence-electron chi connectivity index (χ0n) is 12.8. The van der Waals surface area contributed by atoms with Crippen molar-refractivity contribution in [3.63, 3.8) is 0 Å². The molecule has 1 atom stereocenters. The van der Waals surface area contributed by atoms with E-state index < -0.39 is 0 Å². The first kappa shape index (κ1) is 19.3. The molecule has 0 N–H and O–H groups in total. The SMILES string of the molecule is CCC(=O)SCCOCCOPN(C(C)C)C(C)C. The summed E-state index contributed by atoms with van der Waals surface area (Å²) in [4.78, 5) is 11.0. The normalized spacial score (nSPS) is 12.4. The molecule has 0 aliphatic heterocycles. The second kappa shape index (κ2) is 12.1. The van der Waals surface area contributed by atoms with Crippen LogP contribution in [0.15, 0.2) is 0 Å². The number of hydrogen-bond donors (Lipinski definition) is 0. The number of hydrogen-bond acceptors (Lipinski definition) is 5. The highest BCUT2D eigenvalue weighted by molar-refractivity contribution is 8.13. The van der Waals surface area contributed by atoms with Crippen molar-refractivity contribution >= 4 is 25.8 Å². The van der Waals surface area contributed by atoms with Crippen LogP contribution in [0.3, 0.4) is 0 Å². The molecule has 0 saturated heterocycles. The van der Waals surface area contributed by atoms with E-state index in [1.807, 2.05) is 6.92 Å². The molecule has 0 aliphatic carbocycles. The maximum atomic E-state index is 11.0. The van der Waals surface area contributed by atoms with Crippen molar-refractivity contribution in [3.8, 4) is 0 Å². The standard InChI is InChI=1S/C13H28NO3PS/c1-6-13(15)19-10-9-16-7-8-17-18-14(11(2)3)12(4)5/h11-12,18H,6-10H2,1-5H3. The molecule has 0 amide bonds. The summed E-state index contributed by atoms with van der Waals surface area (Å²) in [6, 6.07) is 0.992. The third-order valence-corrected chi connectivity index (χ3v) is 4.95. The van der Waals surface area contributed by atoms with Gasteiger partial charge < -0.3 is 9.26 Å². The van der Waals surface area contributed by atoms with Gasteiger partial charge in [-0.25, -0.2) is 0 Å². The summed E-state index contributed by atoms with van der Waals surface area (Å²) in [6.45, 7) is 12.4. The molecule has 6 heteroatoms. The zero-order chi connectivity index (χ0) is 14.7. The van der Waals surface area contributed by atoms with Crippen LogP contribution in [0, 0.1) is 0 Å². The van der Waals surface area contributed by atoms with E-state index in [4.69, 9.17) is 9.26 Å². The highest BCUT2D eigenvalue weighted by Crippen LogP contribution is 2.25. The van der Waals surface area contributed by atoms with Crippen LogP contribution in [0.25, 0.3) is 0 Å². The van der Waals surface area contributed by atoms with Crippen LogP contribution in [0.2, 0.25) is 0 Å². The number of ether oxygens (including phenoxy) is 1. The maximum absolute atomic E-state index is 11.0. The molecule has 114 valence electrons. The van der Waals surface area contributed by atoms with Gasteiger partial charge in [-0.1, -0.05) is 18.7 Å². The predicted octanol–water partition coefficient (Wildman–Crippen LogP) is 3.32. The third kappa shape index (κ3) is 10.7. The summed E-state index contributed by atoms with van der Waals surface area (Å²) < 4.78 is 13.4. The van der Waals surface area contributed by atoms with E-state index in [9.17, 15) is 4.79 Å². The van der Waals surface area contributed by atoms with Gasteiger partial charge in [0.2, 0.25) is 0 Å². The summed E-state index contributed by atoms with van der Waals surface area (Å²) in [5.41, 5.74) is 0. The Bertz CT molecular complexity index is 232. The van der Waals surface area contributed by atoms with Crippen LogP contribution in [0.4, 0.5) is 0 Å². The molecule has 0 aromatic carbocycles. The summed E-state index contributed by atoms with van der Waals surface area (Å²) in [5.74, 6) is 0.735. The van der Waals surface area contributed by atoms with Crippen LogP contribution in [0.1, 0.15) is 41.0 Å². The Balaban J connectivity index is 3.42. The average Bonchev–Trinajstić information content (AvgIpc) is 2.35. The lowest BCUT2D eigenvalue weighted by atomic mass is 10.3. The Labute approximate surface area is 123 Å². The van der Waals surface area contributed by atoms with Gasteiger partial charge in [-0.2, -0.15) is 0 Å². The van der Waals surface area contributed by atoms with Crippen molar-refractivity contribution in [2.24, 2.45) is 0 Å². The molecule has 0 heterocycles. The van der Waals surface area contributed by atoms with E-state index in [0.29, 0.717) is 47.3 Å². The van der Waals surface area contributed by atoms with Crippen molar-refractivity contribution in [2.75, 3.05) is 25.6 Å². The molecule has 0 aliphatic rings. The van der Waals surface area contributed by atoms with Crippen LogP contribution < -0.4 is 0 Å². The summed E-state index contributed by atoms with van der Waals surface area (Å²) in [6.07, 6.45) is 0.592. The highest BCUT2D eigenvalue weighted by Gasteiger charge is 2.13. The van der Waals surface area contributed by atoms with Gasteiger partial charge in [-0.15, -0.1) is 0 Å². The van der Waals surface area contributed by atoms with Crippen molar-refractivity contribution < 1.29 is 14.1 Å². The Morgan fingerprint density at radius 1 is 1.16 bits per heavy atom. The van der Waals surface area contributed by atoms with Crippen LogP contribution in [0.5, 0.6) is 0 Å². The fourth-order valence-electron chi connectivity index (χ4n) is 1.45. The molecule has 0 aromatic heterocycles. The molecule has 0 radical (unpaired) electrons. The van der Waals surface area contributed by atoms with Gasteiger partial charge in [0.05, 0.1) is 28.8 Å². The Hall–Kier alpha value is 0.330. The summed E-state index contributed by atoms with van der Waals surface area (Å²) in [5, 5.41) is 0.228. The van der Waals surface area contributed by atoms with E-state index in [1.165, 1.54) is 11.8 Å². The summed E-state index contributed by atoms with van der Waals surface area (Å²) in [7, 11) is 0.386. The minimum atomic E-state index is 0.228. The van der Waals surface area contributed by atoms with Gasteiger partial charge in [0, 0.05) is 24.3 Å². The third-order valence-electron chi connectivity index (χ3n) is 2.39. The van der Waals surface area contributed by atoms with Crippen molar-refractivity contribution in [3.05, 3.63) is 0 Å². The minimum Gasteiger partial charge on any atom is -0.378 e. The number of carbonyl (C=O) groups excluding carboxylic acids is 1. The van der Waals surface area contributed by atoms with Gasteiger partial charge >= 0.3 is 0 Å². The second-order valence-corrected chi connectivity index (χ2v) is 6.86. The van der Waals surface area contributed by atoms with Crippen LogP contribution in [-0.2, 0) is 14.1 Å². The van der Waals surface area contributed by atoms with Crippen molar-refractivity contribution in [2.45, 2.75) is 53.1 Å². The van der Waals surface area contributed by atoms with E-state index in [2.05, 4.69) is 32.4 Å². The lowest BCUT2D eigenvalue weighted by molar-refractivity contribution is -0.110. The van der Waals surface area contributed by atoms with E-state index in [-0.39, 0.29) is 5.12 Å². The Morgan fingerprint density at radius 3 is 2.32 bits per heavy atom. The second-order valence-electron chi connectivity index (χ2n) is 4.72. The maximum Gasteiger partial charge on any atom is 0.188 e. The number of nitrogens with zero attached hydrogens (tertiary/aromatic N) is 1. The van der Waals surface area contributed by atoms with Gasteiger partial charge in [0.25, 0.3) is 0 Å². The lowest BCUT2D eigenvalue weighted by Crippen LogP contribution is -2.29. The smallest absolute Gasteiger partial charge is 0.188 e. The topological polar surface area (TPSA) is 38.8 Å². The van der Waals surface area contributed by atoms with Crippen LogP contribution in [-0.4, -0.2) is 47.4 Å². The predicted molar refractivity (Wildman–Crippen MR) is 85.0 cm³/mol. The number of carbonyl (C=O) groups is 1. The van der Waals surface area contributed by atoms with Gasteiger partial charge in [-0.05, 0) is 27.7 Å². The summed E-state index contributed by atoms with van der Waals surface area (Å²) >= 11 is 1.34. The van der Waals surface area contributed by atoms with Gasteiger partial charge in [-0.3, -0.25) is 9.46 Å². The largest absolute Gasteiger partial charge is 0.378 e. The molecule has 19 heavy (non-hydrogen) atoms. The molecule has 1 unspecified atom stereocenters. The molecule has 0 bridgehead atoms. The lowest BCUT2D eigenvalue weighted by Gasteiger charge is -2.29. The minimum absolute atomic E-state index is 0.228. The molecule has 0 aromatic rings. The van der Waals surface area contributed by atoms with Gasteiger partial charge in [0.1, 0.15) is 0 Å². The number of thioether (sulfide) groups is 1. The monoisotopic (exact) mass is 309 g/mol. The molecular weight excluding hydrogens is 281 g/mol. The Morgan fingerprint density at radius 2 is 1.79 bits per heavy atom. The fraction of sp³-hybridized carbons (Fsp3) is 0.923. The fourth-order valence-corrected chi connectivity index (χ4v) is 2.82. The molecular formula is C13H28NO3PS. The molecule has 0 saturated carbocycles. The molecule has 0 rings (SSSR count). The number of rotatable bonds is 11. The van der Waals surface area contributed by atoms with Crippen molar-refractivity contribution in [1.82, 2.24) is 4.67 Å². The van der Waals surface area contributed by atoms with E-state index >= 15 is 0 Å². The van der Waals surface area contributed by atoms with E-state index in [1.54, 1.807) is 0 Å². The zero-order valence-corrected chi connectivity index (χ0v) is 14.6. The van der Waals surface area contributed by atoms with E-state index in [0.717, 1.165) is 5.75 Å². The average molecular weight is 309 g/mol. The highest BCUT2D eigenvalue weighted by atomic mass is 32.2. The first-order valence-electron chi connectivity index (χ1n) is 6.88. The molecule has 0 fully saturated rings. The first-order chi connectivity index (χ1) is 8.99. The van der Waals surface area contributed by atoms with Crippen molar-refractivity contribution in [1.29, 1.82) is 0 Å². The quantitative estimate of drug-likeness (QED) is 0.432. The van der Waals surface area contributed by atoms with Gasteiger partial charge in [0.15, 0.2) is 5.12 Å². The molecule has 0 spiro atoms. The first-order valence-corrected chi connectivity index (χ1v) is 8.72.